The molecule has 4 nitrogen and oxygen atoms in total. The smallest absolute Gasteiger partial charge is 0.141 e. The molecule has 2 aromatic heterocycles. The highest BCUT2D eigenvalue weighted by atomic mass is 32.1. The number of ether oxygens (including phenoxy) is 1. The number of aromatic nitrogens is 2. The maximum atomic E-state index is 5.59. The normalized spacial score (nSPS) is 20.6. The van der Waals surface area contributed by atoms with Crippen molar-refractivity contribution in [2.75, 3.05) is 24.6 Å². The SMILES string of the molecule is Cc1sc2ncnc(N3CCOC(C)C3)c2c1C. The summed E-state index contributed by atoms with van der Waals surface area (Å²) in [5.74, 6) is 1.07. The van der Waals surface area contributed by atoms with Gasteiger partial charge in [0, 0.05) is 18.0 Å². The van der Waals surface area contributed by atoms with Crippen LogP contribution in [0.1, 0.15) is 17.4 Å². The van der Waals surface area contributed by atoms with Crippen LogP contribution >= 0.6 is 11.3 Å². The largest absolute Gasteiger partial charge is 0.375 e. The molecule has 0 aromatic carbocycles. The molecular weight excluding hydrogens is 246 g/mol. The molecule has 1 aliphatic rings. The van der Waals surface area contributed by atoms with E-state index < -0.39 is 0 Å². The molecule has 2 aromatic rings. The van der Waals surface area contributed by atoms with E-state index in [0.717, 1.165) is 30.3 Å². The molecule has 0 radical (unpaired) electrons. The molecule has 1 saturated heterocycles. The van der Waals surface area contributed by atoms with Gasteiger partial charge in [-0.1, -0.05) is 0 Å². The first-order chi connectivity index (χ1) is 8.66. The van der Waals surface area contributed by atoms with Crippen LogP contribution in [-0.2, 0) is 4.74 Å². The Morgan fingerprint density at radius 3 is 3.00 bits per heavy atom. The molecular formula is C13H17N3OS. The topological polar surface area (TPSA) is 38.2 Å². The van der Waals surface area contributed by atoms with E-state index in [4.69, 9.17) is 4.74 Å². The molecule has 18 heavy (non-hydrogen) atoms. The molecule has 0 bridgehead atoms. The fraction of sp³-hybridized carbons (Fsp3) is 0.538. The monoisotopic (exact) mass is 263 g/mol. The molecule has 0 aliphatic carbocycles. The fourth-order valence-corrected chi connectivity index (χ4v) is 3.41. The number of morpholine rings is 1. The lowest BCUT2D eigenvalue weighted by atomic mass is 10.2. The van der Waals surface area contributed by atoms with Gasteiger partial charge in [-0.2, -0.15) is 0 Å². The van der Waals surface area contributed by atoms with Crippen LogP contribution in [0.3, 0.4) is 0 Å². The lowest BCUT2D eigenvalue weighted by Gasteiger charge is -2.32. The summed E-state index contributed by atoms with van der Waals surface area (Å²) in [5.41, 5.74) is 1.31. The minimum absolute atomic E-state index is 0.267. The molecule has 1 fully saturated rings. The Hall–Kier alpha value is -1.20. The van der Waals surface area contributed by atoms with Crippen molar-refractivity contribution >= 4 is 27.4 Å². The fourth-order valence-electron chi connectivity index (χ4n) is 2.41. The zero-order valence-corrected chi connectivity index (χ0v) is 11.8. The van der Waals surface area contributed by atoms with E-state index >= 15 is 0 Å². The van der Waals surface area contributed by atoms with Crippen LogP contribution in [0.15, 0.2) is 6.33 Å². The highest BCUT2D eigenvalue weighted by Crippen LogP contribution is 2.34. The predicted molar refractivity (Wildman–Crippen MR) is 74.5 cm³/mol. The second-order valence-corrected chi connectivity index (χ2v) is 5.99. The second-order valence-electron chi connectivity index (χ2n) is 4.79. The Morgan fingerprint density at radius 2 is 2.22 bits per heavy atom. The predicted octanol–water partition coefficient (Wildman–Crippen LogP) is 2.53. The molecule has 1 aliphatic heterocycles. The Bertz CT molecular complexity index is 581. The number of rotatable bonds is 1. The van der Waals surface area contributed by atoms with Crippen molar-refractivity contribution < 1.29 is 4.74 Å². The third kappa shape index (κ3) is 1.87. The summed E-state index contributed by atoms with van der Waals surface area (Å²) in [6.07, 6.45) is 1.94. The third-order valence-corrected chi connectivity index (χ3v) is 4.60. The van der Waals surface area contributed by atoms with E-state index in [1.165, 1.54) is 15.8 Å². The summed E-state index contributed by atoms with van der Waals surface area (Å²) in [5, 5.41) is 1.22. The van der Waals surface area contributed by atoms with Crippen LogP contribution in [0.25, 0.3) is 10.2 Å². The van der Waals surface area contributed by atoms with Crippen molar-refractivity contribution in [2.24, 2.45) is 0 Å². The number of hydrogen-bond donors (Lipinski definition) is 0. The van der Waals surface area contributed by atoms with Gasteiger partial charge < -0.3 is 9.64 Å². The molecule has 3 heterocycles. The van der Waals surface area contributed by atoms with Crippen molar-refractivity contribution in [1.82, 2.24) is 9.97 Å². The van der Waals surface area contributed by atoms with E-state index in [9.17, 15) is 0 Å². The summed E-state index contributed by atoms with van der Waals surface area (Å²) in [7, 11) is 0. The molecule has 0 spiro atoms. The number of anilines is 1. The average molecular weight is 263 g/mol. The van der Waals surface area contributed by atoms with Gasteiger partial charge in [0.05, 0.1) is 18.1 Å². The van der Waals surface area contributed by atoms with Gasteiger partial charge in [-0.05, 0) is 26.3 Å². The third-order valence-electron chi connectivity index (χ3n) is 3.49. The standard InChI is InChI=1S/C13H17N3OS/c1-8-6-16(4-5-17-8)12-11-9(2)10(3)18-13(11)15-7-14-12/h7-8H,4-6H2,1-3H3. The van der Waals surface area contributed by atoms with Crippen molar-refractivity contribution in [1.29, 1.82) is 0 Å². The Labute approximate surface area is 111 Å². The van der Waals surface area contributed by atoms with Gasteiger partial charge in [0.25, 0.3) is 0 Å². The molecule has 1 unspecified atom stereocenters. The van der Waals surface area contributed by atoms with Gasteiger partial charge in [-0.3, -0.25) is 0 Å². The van der Waals surface area contributed by atoms with E-state index in [-0.39, 0.29) is 6.10 Å². The van der Waals surface area contributed by atoms with Crippen LogP contribution < -0.4 is 4.90 Å². The van der Waals surface area contributed by atoms with Gasteiger partial charge in [-0.15, -0.1) is 11.3 Å². The lowest BCUT2D eigenvalue weighted by molar-refractivity contribution is 0.0530. The first kappa shape index (κ1) is 11.9. The first-order valence-electron chi connectivity index (χ1n) is 6.24. The maximum absolute atomic E-state index is 5.59. The van der Waals surface area contributed by atoms with Crippen molar-refractivity contribution in [3.05, 3.63) is 16.8 Å². The van der Waals surface area contributed by atoms with Gasteiger partial charge in [-0.25, -0.2) is 9.97 Å². The summed E-state index contributed by atoms with van der Waals surface area (Å²) in [4.78, 5) is 13.6. The highest BCUT2D eigenvalue weighted by molar-refractivity contribution is 7.18. The average Bonchev–Trinajstić information content (AvgIpc) is 2.65. The minimum Gasteiger partial charge on any atom is -0.375 e. The summed E-state index contributed by atoms with van der Waals surface area (Å²) >= 11 is 1.75. The summed E-state index contributed by atoms with van der Waals surface area (Å²) in [6, 6.07) is 0. The first-order valence-corrected chi connectivity index (χ1v) is 7.05. The van der Waals surface area contributed by atoms with Crippen molar-refractivity contribution in [3.8, 4) is 0 Å². The van der Waals surface area contributed by atoms with Crippen LogP contribution in [-0.4, -0.2) is 35.8 Å². The maximum Gasteiger partial charge on any atom is 0.141 e. The molecule has 5 heteroatoms. The number of fused-ring (bicyclic) bond motifs is 1. The molecule has 0 saturated carbocycles. The van der Waals surface area contributed by atoms with Crippen LogP contribution in [0.4, 0.5) is 5.82 Å². The highest BCUT2D eigenvalue weighted by Gasteiger charge is 2.22. The van der Waals surface area contributed by atoms with Crippen LogP contribution in [0, 0.1) is 13.8 Å². The number of aryl methyl sites for hydroxylation is 2. The molecule has 1 atom stereocenters. The Kier molecular flexibility index (Phi) is 2.95. The van der Waals surface area contributed by atoms with Crippen molar-refractivity contribution in [2.45, 2.75) is 26.9 Å². The number of thiophene rings is 1. The molecule has 3 rings (SSSR count). The Morgan fingerprint density at radius 1 is 1.39 bits per heavy atom. The van der Waals surface area contributed by atoms with Crippen molar-refractivity contribution in [3.63, 3.8) is 0 Å². The van der Waals surface area contributed by atoms with Crippen LogP contribution in [0.5, 0.6) is 0 Å². The zero-order valence-electron chi connectivity index (χ0n) is 10.9. The summed E-state index contributed by atoms with van der Waals surface area (Å²) in [6.45, 7) is 8.99. The lowest BCUT2D eigenvalue weighted by Crippen LogP contribution is -2.41. The van der Waals surface area contributed by atoms with E-state index in [0.29, 0.717) is 0 Å². The van der Waals surface area contributed by atoms with Gasteiger partial charge >= 0.3 is 0 Å². The van der Waals surface area contributed by atoms with E-state index in [1.54, 1.807) is 17.7 Å². The minimum atomic E-state index is 0.267. The Balaban J connectivity index is 2.10. The van der Waals surface area contributed by atoms with E-state index in [2.05, 4.69) is 35.6 Å². The number of hydrogen-bond acceptors (Lipinski definition) is 5. The quantitative estimate of drug-likeness (QED) is 0.792. The van der Waals surface area contributed by atoms with Crippen LogP contribution in [0.2, 0.25) is 0 Å². The van der Waals surface area contributed by atoms with Gasteiger partial charge in [0.2, 0.25) is 0 Å². The van der Waals surface area contributed by atoms with Gasteiger partial charge in [0.15, 0.2) is 0 Å². The molecule has 0 amide bonds. The van der Waals surface area contributed by atoms with Gasteiger partial charge in [0.1, 0.15) is 17.0 Å². The summed E-state index contributed by atoms with van der Waals surface area (Å²) < 4.78 is 5.59. The number of nitrogens with zero attached hydrogens (tertiary/aromatic N) is 3. The second kappa shape index (κ2) is 4.48. The zero-order chi connectivity index (χ0) is 12.7. The molecule has 96 valence electrons. The van der Waals surface area contributed by atoms with E-state index in [1.807, 2.05) is 0 Å². The molecule has 0 N–H and O–H groups in total.